The number of benzene rings is 1. The van der Waals surface area contributed by atoms with E-state index in [-0.39, 0.29) is 0 Å². The molecule has 3 nitrogen and oxygen atoms in total. The van der Waals surface area contributed by atoms with E-state index in [4.69, 9.17) is 9.47 Å². The normalized spacial score (nSPS) is 11.0. The van der Waals surface area contributed by atoms with E-state index >= 15 is 0 Å². The van der Waals surface area contributed by atoms with Crippen LogP contribution in [0.4, 0.5) is 0 Å². The fraction of sp³-hybridized carbons (Fsp3) is 0.647. The first-order chi connectivity index (χ1) is 9.65. The Kier molecular flexibility index (Phi) is 8.51. The fourth-order valence-electron chi connectivity index (χ4n) is 2.13. The highest BCUT2D eigenvalue weighted by Crippen LogP contribution is 2.15. The van der Waals surface area contributed by atoms with Gasteiger partial charge in [0.1, 0.15) is 0 Å². The van der Waals surface area contributed by atoms with E-state index in [1.54, 1.807) is 7.11 Å². The van der Waals surface area contributed by atoms with Crippen molar-refractivity contribution in [1.29, 1.82) is 0 Å². The molecule has 0 bridgehead atoms. The molecule has 1 aromatic rings. The maximum absolute atomic E-state index is 5.43. The minimum absolute atomic E-state index is 0.685. The van der Waals surface area contributed by atoms with Gasteiger partial charge in [-0.25, -0.2) is 0 Å². The van der Waals surface area contributed by atoms with E-state index in [9.17, 15) is 0 Å². The summed E-state index contributed by atoms with van der Waals surface area (Å²) >= 11 is 0. The van der Waals surface area contributed by atoms with Crippen molar-refractivity contribution in [1.82, 2.24) is 5.32 Å². The number of ether oxygens (including phenoxy) is 2. The summed E-state index contributed by atoms with van der Waals surface area (Å²) < 4.78 is 10.4. The number of nitrogens with one attached hydrogen (secondary N) is 1. The minimum Gasteiger partial charge on any atom is -0.382 e. The van der Waals surface area contributed by atoms with Crippen LogP contribution in [-0.4, -0.2) is 33.5 Å². The van der Waals surface area contributed by atoms with Gasteiger partial charge in [0.15, 0.2) is 0 Å². The van der Waals surface area contributed by atoms with Crippen molar-refractivity contribution in [3.63, 3.8) is 0 Å². The third kappa shape index (κ3) is 6.51. The van der Waals surface area contributed by atoms with E-state index in [1.165, 1.54) is 22.3 Å². The Labute approximate surface area is 123 Å². The zero-order valence-electron chi connectivity index (χ0n) is 13.4. The molecule has 0 saturated carbocycles. The SMILES string of the molecule is COCCOCCCCNCc1cc(C)c(C)cc1C. The van der Waals surface area contributed by atoms with Crippen LogP contribution in [0.2, 0.25) is 0 Å². The van der Waals surface area contributed by atoms with Gasteiger partial charge in [0.25, 0.3) is 0 Å². The molecule has 0 unspecified atom stereocenters. The Bertz CT molecular complexity index is 391. The highest BCUT2D eigenvalue weighted by atomic mass is 16.5. The topological polar surface area (TPSA) is 30.5 Å². The summed E-state index contributed by atoms with van der Waals surface area (Å²) in [5.41, 5.74) is 5.53. The molecule has 0 spiro atoms. The van der Waals surface area contributed by atoms with Crippen molar-refractivity contribution >= 4 is 0 Å². The van der Waals surface area contributed by atoms with Crippen molar-refractivity contribution in [2.45, 2.75) is 40.2 Å². The summed E-state index contributed by atoms with van der Waals surface area (Å²) in [6.45, 7) is 10.7. The Morgan fingerprint density at radius 1 is 0.900 bits per heavy atom. The molecule has 20 heavy (non-hydrogen) atoms. The summed E-state index contributed by atoms with van der Waals surface area (Å²) in [5, 5.41) is 3.51. The van der Waals surface area contributed by atoms with Gasteiger partial charge in [-0.05, 0) is 62.4 Å². The lowest BCUT2D eigenvalue weighted by Gasteiger charge is -2.11. The van der Waals surface area contributed by atoms with E-state index in [0.29, 0.717) is 13.2 Å². The molecule has 0 aromatic heterocycles. The summed E-state index contributed by atoms with van der Waals surface area (Å²) in [7, 11) is 1.70. The van der Waals surface area contributed by atoms with E-state index in [2.05, 4.69) is 38.2 Å². The molecule has 0 heterocycles. The summed E-state index contributed by atoms with van der Waals surface area (Å²) in [6, 6.07) is 4.57. The van der Waals surface area contributed by atoms with Gasteiger partial charge in [-0.1, -0.05) is 12.1 Å². The first kappa shape index (κ1) is 17.2. The quantitative estimate of drug-likeness (QED) is 0.667. The van der Waals surface area contributed by atoms with Crippen LogP contribution in [0.25, 0.3) is 0 Å². The van der Waals surface area contributed by atoms with E-state index < -0.39 is 0 Å². The van der Waals surface area contributed by atoms with Gasteiger partial charge in [0, 0.05) is 20.3 Å². The molecule has 0 saturated heterocycles. The first-order valence-electron chi connectivity index (χ1n) is 7.49. The van der Waals surface area contributed by atoms with Gasteiger partial charge in [0.05, 0.1) is 13.2 Å². The number of rotatable bonds is 10. The lowest BCUT2D eigenvalue weighted by Crippen LogP contribution is -2.16. The molecule has 0 atom stereocenters. The highest BCUT2D eigenvalue weighted by molar-refractivity contribution is 5.36. The van der Waals surface area contributed by atoms with Crippen molar-refractivity contribution in [3.8, 4) is 0 Å². The summed E-state index contributed by atoms with van der Waals surface area (Å²) in [6.07, 6.45) is 2.25. The average molecular weight is 279 g/mol. The summed E-state index contributed by atoms with van der Waals surface area (Å²) in [4.78, 5) is 0. The van der Waals surface area contributed by atoms with Crippen molar-refractivity contribution in [2.75, 3.05) is 33.5 Å². The van der Waals surface area contributed by atoms with Crippen LogP contribution in [0.3, 0.4) is 0 Å². The maximum atomic E-state index is 5.43. The van der Waals surface area contributed by atoms with Crippen molar-refractivity contribution < 1.29 is 9.47 Å². The molecule has 0 fully saturated rings. The van der Waals surface area contributed by atoms with Crippen LogP contribution in [0, 0.1) is 20.8 Å². The van der Waals surface area contributed by atoms with Crippen LogP contribution in [0.15, 0.2) is 12.1 Å². The molecule has 0 radical (unpaired) electrons. The number of methoxy groups -OCH3 is 1. The van der Waals surface area contributed by atoms with Gasteiger partial charge >= 0.3 is 0 Å². The van der Waals surface area contributed by atoms with Crippen LogP contribution < -0.4 is 5.32 Å². The lowest BCUT2D eigenvalue weighted by molar-refractivity contribution is 0.0688. The molecule has 1 rings (SSSR count). The predicted octanol–water partition coefficient (Wildman–Crippen LogP) is 3.14. The number of hydrogen-bond acceptors (Lipinski definition) is 3. The Morgan fingerprint density at radius 2 is 1.65 bits per heavy atom. The Balaban J connectivity index is 2.11. The van der Waals surface area contributed by atoms with Gasteiger partial charge in [0.2, 0.25) is 0 Å². The van der Waals surface area contributed by atoms with Crippen LogP contribution in [-0.2, 0) is 16.0 Å². The second-order valence-electron chi connectivity index (χ2n) is 5.35. The van der Waals surface area contributed by atoms with Crippen molar-refractivity contribution in [2.24, 2.45) is 0 Å². The minimum atomic E-state index is 0.685. The smallest absolute Gasteiger partial charge is 0.0700 e. The standard InChI is InChI=1S/C17H29NO2/c1-14-11-16(3)17(12-15(14)2)13-18-7-5-6-8-20-10-9-19-4/h11-12,18H,5-10,13H2,1-4H3. The van der Waals surface area contributed by atoms with Gasteiger partial charge in [-0.3, -0.25) is 0 Å². The second kappa shape index (κ2) is 9.92. The largest absolute Gasteiger partial charge is 0.382 e. The average Bonchev–Trinajstić information content (AvgIpc) is 2.42. The van der Waals surface area contributed by atoms with Crippen molar-refractivity contribution in [3.05, 3.63) is 34.4 Å². The number of unbranched alkanes of at least 4 members (excludes halogenated alkanes) is 1. The third-order valence-corrected chi connectivity index (χ3v) is 3.59. The highest BCUT2D eigenvalue weighted by Gasteiger charge is 2.01. The lowest BCUT2D eigenvalue weighted by atomic mass is 10.0. The number of hydrogen-bond donors (Lipinski definition) is 1. The van der Waals surface area contributed by atoms with Crippen LogP contribution in [0.5, 0.6) is 0 Å². The summed E-state index contributed by atoms with van der Waals surface area (Å²) in [5.74, 6) is 0. The van der Waals surface area contributed by atoms with Crippen LogP contribution >= 0.6 is 0 Å². The van der Waals surface area contributed by atoms with Gasteiger partial charge in [-0.2, -0.15) is 0 Å². The fourth-order valence-corrected chi connectivity index (χ4v) is 2.13. The molecule has 0 amide bonds. The van der Waals surface area contributed by atoms with Gasteiger partial charge in [-0.15, -0.1) is 0 Å². The monoisotopic (exact) mass is 279 g/mol. The zero-order chi connectivity index (χ0) is 14.8. The molecule has 114 valence electrons. The third-order valence-electron chi connectivity index (χ3n) is 3.59. The second-order valence-corrected chi connectivity index (χ2v) is 5.35. The predicted molar refractivity (Wildman–Crippen MR) is 84.3 cm³/mol. The molecule has 3 heteroatoms. The van der Waals surface area contributed by atoms with E-state index in [0.717, 1.165) is 32.5 Å². The zero-order valence-corrected chi connectivity index (χ0v) is 13.4. The van der Waals surface area contributed by atoms with E-state index in [1.807, 2.05) is 0 Å². The molecule has 0 aliphatic rings. The molecular weight excluding hydrogens is 250 g/mol. The molecule has 1 N–H and O–H groups in total. The molecular formula is C17H29NO2. The molecule has 0 aliphatic heterocycles. The molecule has 1 aromatic carbocycles. The maximum Gasteiger partial charge on any atom is 0.0700 e. The van der Waals surface area contributed by atoms with Gasteiger partial charge < -0.3 is 14.8 Å². The first-order valence-corrected chi connectivity index (χ1v) is 7.49. The molecule has 0 aliphatic carbocycles. The Morgan fingerprint density at radius 3 is 2.40 bits per heavy atom. The number of aryl methyl sites for hydroxylation is 3. The van der Waals surface area contributed by atoms with Crippen LogP contribution in [0.1, 0.15) is 35.1 Å². The Hall–Kier alpha value is -0.900.